The molecule has 1 aliphatic rings. The zero-order valence-corrected chi connectivity index (χ0v) is 19.4. The number of carbonyl (C=O) groups excluding carboxylic acids is 1. The summed E-state index contributed by atoms with van der Waals surface area (Å²) in [5, 5.41) is 3.04. The van der Waals surface area contributed by atoms with Gasteiger partial charge in [0.05, 0.1) is 16.9 Å². The Balaban J connectivity index is 1.56. The van der Waals surface area contributed by atoms with Crippen LogP contribution in [0.4, 0.5) is 14.6 Å². The standard InChI is InChI=1S/C24H24ClF2N5O2/c1-13-10-32(11-14(2)30-13)24(33)16-5-3-4-15(8-16)20-9-29-22(28)23(31-20)34-12-17-18(26)6-7-19(27)21(17)25/h3-9,13-14,30H,10-12H2,1-2H3,(H2,28,29). The lowest BCUT2D eigenvalue weighted by Crippen LogP contribution is -2.55. The number of nitrogen functional groups attached to an aromatic ring is 1. The van der Waals surface area contributed by atoms with Crippen molar-refractivity contribution in [2.24, 2.45) is 0 Å². The number of piperazine rings is 1. The molecule has 1 aliphatic heterocycles. The first kappa shape index (κ1) is 23.8. The third kappa shape index (κ3) is 5.10. The Kier molecular flexibility index (Phi) is 6.95. The Morgan fingerprint density at radius 3 is 2.65 bits per heavy atom. The maximum Gasteiger partial charge on any atom is 0.258 e. The van der Waals surface area contributed by atoms with Crippen molar-refractivity contribution in [1.29, 1.82) is 0 Å². The van der Waals surface area contributed by atoms with Crippen molar-refractivity contribution < 1.29 is 18.3 Å². The number of nitrogens with two attached hydrogens (primary N) is 1. The third-order valence-corrected chi connectivity index (χ3v) is 5.92. The predicted molar refractivity (Wildman–Crippen MR) is 126 cm³/mol. The Labute approximate surface area is 200 Å². The fourth-order valence-corrected chi connectivity index (χ4v) is 4.16. The van der Waals surface area contributed by atoms with E-state index in [1.165, 1.54) is 6.20 Å². The predicted octanol–water partition coefficient (Wildman–Crippen LogP) is 4.06. The van der Waals surface area contributed by atoms with E-state index in [2.05, 4.69) is 15.3 Å². The Bertz CT molecular complexity index is 1220. The highest BCUT2D eigenvalue weighted by Crippen LogP contribution is 2.27. The van der Waals surface area contributed by atoms with Gasteiger partial charge in [0.25, 0.3) is 11.8 Å². The van der Waals surface area contributed by atoms with E-state index in [0.29, 0.717) is 29.9 Å². The fourth-order valence-electron chi connectivity index (χ4n) is 3.96. The minimum Gasteiger partial charge on any atom is -0.470 e. The molecule has 1 saturated heterocycles. The number of anilines is 1. The number of rotatable bonds is 5. The van der Waals surface area contributed by atoms with Crippen LogP contribution in [0.1, 0.15) is 29.8 Å². The topological polar surface area (TPSA) is 93.4 Å². The van der Waals surface area contributed by atoms with Crippen LogP contribution in [-0.2, 0) is 6.61 Å². The number of aromatic nitrogens is 2. The van der Waals surface area contributed by atoms with Crippen molar-refractivity contribution in [3.63, 3.8) is 0 Å². The summed E-state index contributed by atoms with van der Waals surface area (Å²) in [5.41, 5.74) is 7.29. The minimum absolute atomic E-state index is 0.0206. The minimum atomic E-state index is -0.760. The average molecular weight is 488 g/mol. The molecule has 4 rings (SSSR count). The van der Waals surface area contributed by atoms with Gasteiger partial charge in [0.1, 0.15) is 18.2 Å². The molecule has 3 N–H and O–H groups in total. The van der Waals surface area contributed by atoms with Gasteiger partial charge in [0.2, 0.25) is 0 Å². The van der Waals surface area contributed by atoms with Crippen molar-refractivity contribution in [3.8, 4) is 17.1 Å². The molecule has 3 aromatic rings. The van der Waals surface area contributed by atoms with E-state index in [4.69, 9.17) is 22.1 Å². The summed E-state index contributed by atoms with van der Waals surface area (Å²) in [6.45, 7) is 4.93. The van der Waals surface area contributed by atoms with Gasteiger partial charge in [-0.2, -0.15) is 0 Å². The molecule has 34 heavy (non-hydrogen) atoms. The molecule has 178 valence electrons. The van der Waals surface area contributed by atoms with Gasteiger partial charge in [-0.05, 0) is 38.1 Å². The molecule has 1 aromatic heterocycles. The van der Waals surface area contributed by atoms with Crippen LogP contribution in [0.5, 0.6) is 5.88 Å². The molecule has 0 aliphatic carbocycles. The highest BCUT2D eigenvalue weighted by Gasteiger charge is 2.25. The maximum atomic E-state index is 14.1. The number of ether oxygens (including phenoxy) is 1. The second kappa shape index (κ2) is 9.90. The van der Waals surface area contributed by atoms with Crippen LogP contribution in [0.3, 0.4) is 0 Å². The monoisotopic (exact) mass is 487 g/mol. The first-order valence-corrected chi connectivity index (χ1v) is 11.1. The summed E-state index contributed by atoms with van der Waals surface area (Å²) in [7, 11) is 0. The summed E-state index contributed by atoms with van der Waals surface area (Å²) in [6.07, 6.45) is 1.45. The molecule has 2 aromatic carbocycles. The number of hydrogen-bond donors (Lipinski definition) is 2. The number of carbonyl (C=O) groups is 1. The van der Waals surface area contributed by atoms with Crippen LogP contribution in [-0.4, -0.2) is 45.9 Å². The normalized spacial score (nSPS) is 18.1. The quantitative estimate of drug-likeness (QED) is 0.527. The second-order valence-corrected chi connectivity index (χ2v) is 8.69. The van der Waals surface area contributed by atoms with E-state index < -0.39 is 11.6 Å². The van der Waals surface area contributed by atoms with Gasteiger partial charge >= 0.3 is 0 Å². The van der Waals surface area contributed by atoms with Crippen molar-refractivity contribution in [1.82, 2.24) is 20.2 Å². The van der Waals surface area contributed by atoms with Gasteiger partial charge < -0.3 is 20.7 Å². The van der Waals surface area contributed by atoms with E-state index in [1.54, 1.807) is 24.3 Å². The molecule has 0 bridgehead atoms. The Morgan fingerprint density at radius 1 is 1.21 bits per heavy atom. The molecule has 2 unspecified atom stereocenters. The molecular weight excluding hydrogens is 464 g/mol. The number of amides is 1. The fraction of sp³-hybridized carbons (Fsp3) is 0.292. The lowest BCUT2D eigenvalue weighted by molar-refractivity contribution is 0.0674. The zero-order valence-electron chi connectivity index (χ0n) is 18.7. The van der Waals surface area contributed by atoms with Crippen LogP contribution in [0.15, 0.2) is 42.6 Å². The highest BCUT2D eigenvalue weighted by molar-refractivity contribution is 6.31. The average Bonchev–Trinajstić information content (AvgIpc) is 2.81. The van der Waals surface area contributed by atoms with Crippen molar-refractivity contribution >= 4 is 23.3 Å². The molecule has 2 atom stereocenters. The van der Waals surface area contributed by atoms with Gasteiger partial charge in [-0.15, -0.1) is 0 Å². The van der Waals surface area contributed by atoms with Gasteiger partial charge in [-0.3, -0.25) is 4.79 Å². The molecule has 1 amide bonds. The lowest BCUT2D eigenvalue weighted by atomic mass is 10.1. The summed E-state index contributed by atoms with van der Waals surface area (Å²) in [6, 6.07) is 9.34. The largest absolute Gasteiger partial charge is 0.470 e. The van der Waals surface area contributed by atoms with Gasteiger partial charge in [-0.1, -0.05) is 23.7 Å². The SMILES string of the molecule is CC1CN(C(=O)c2cccc(-c3cnc(N)c(OCc4c(F)ccc(F)c4Cl)n3)c2)CC(C)N1. The summed E-state index contributed by atoms with van der Waals surface area (Å²) in [4.78, 5) is 23.4. The van der Waals surface area contributed by atoms with E-state index in [1.807, 2.05) is 18.7 Å². The molecule has 10 heteroatoms. The third-order valence-electron chi connectivity index (χ3n) is 5.51. The van der Waals surface area contributed by atoms with Crippen molar-refractivity contribution in [2.75, 3.05) is 18.8 Å². The molecule has 0 radical (unpaired) electrons. The second-order valence-electron chi connectivity index (χ2n) is 8.32. The molecule has 7 nitrogen and oxygen atoms in total. The number of hydrogen-bond acceptors (Lipinski definition) is 6. The first-order chi connectivity index (χ1) is 16.2. The lowest BCUT2D eigenvalue weighted by Gasteiger charge is -2.36. The van der Waals surface area contributed by atoms with Crippen molar-refractivity contribution in [2.45, 2.75) is 32.5 Å². The Hall–Kier alpha value is -3.30. The first-order valence-electron chi connectivity index (χ1n) is 10.8. The zero-order chi connectivity index (χ0) is 24.4. The van der Waals surface area contributed by atoms with Gasteiger partial charge in [-0.25, -0.2) is 18.7 Å². The molecule has 1 fully saturated rings. The molecule has 0 saturated carbocycles. The van der Waals surface area contributed by atoms with Gasteiger partial charge in [0.15, 0.2) is 5.82 Å². The smallest absolute Gasteiger partial charge is 0.258 e. The van der Waals surface area contributed by atoms with Crippen LogP contribution < -0.4 is 15.8 Å². The number of benzene rings is 2. The van der Waals surface area contributed by atoms with E-state index in [0.717, 1.165) is 12.1 Å². The van der Waals surface area contributed by atoms with Crippen LogP contribution in [0.25, 0.3) is 11.3 Å². The van der Waals surface area contributed by atoms with Crippen molar-refractivity contribution in [3.05, 3.63) is 70.4 Å². The van der Waals surface area contributed by atoms with Crippen LogP contribution >= 0.6 is 11.6 Å². The summed E-state index contributed by atoms with van der Waals surface area (Å²) >= 11 is 5.86. The van der Waals surface area contributed by atoms with E-state index in [-0.39, 0.29) is 46.9 Å². The number of nitrogens with one attached hydrogen (secondary N) is 1. The summed E-state index contributed by atoms with van der Waals surface area (Å²) < 4.78 is 33.3. The van der Waals surface area contributed by atoms with Gasteiger partial charge in [0, 0.05) is 41.9 Å². The van der Waals surface area contributed by atoms with E-state index >= 15 is 0 Å². The molecular formula is C24H24ClF2N5O2. The van der Waals surface area contributed by atoms with E-state index in [9.17, 15) is 13.6 Å². The Morgan fingerprint density at radius 2 is 1.91 bits per heavy atom. The highest BCUT2D eigenvalue weighted by atomic mass is 35.5. The number of halogens is 3. The van der Waals surface area contributed by atoms with Crippen LogP contribution in [0.2, 0.25) is 5.02 Å². The molecule has 2 heterocycles. The number of nitrogens with zero attached hydrogens (tertiary/aromatic N) is 3. The summed E-state index contributed by atoms with van der Waals surface area (Å²) in [5.74, 6) is -1.62. The van der Waals surface area contributed by atoms with Crippen LogP contribution in [0, 0.1) is 11.6 Å². The maximum absolute atomic E-state index is 14.1. The molecule has 0 spiro atoms.